The van der Waals surface area contributed by atoms with Crippen molar-refractivity contribution in [3.8, 4) is 11.1 Å². The molecule has 1 saturated carbocycles. The number of aryl methyl sites for hydroxylation is 1. The summed E-state index contributed by atoms with van der Waals surface area (Å²) in [6, 6.07) is 26.5. The quantitative estimate of drug-likeness (QED) is 0.442. The summed E-state index contributed by atoms with van der Waals surface area (Å²) < 4.78 is 0. The number of para-hydroxylation sites is 1. The van der Waals surface area contributed by atoms with E-state index in [9.17, 15) is 4.79 Å². The van der Waals surface area contributed by atoms with Crippen LogP contribution in [0.2, 0.25) is 0 Å². The van der Waals surface area contributed by atoms with Gasteiger partial charge in [0.15, 0.2) is 0 Å². The third-order valence-corrected chi connectivity index (χ3v) is 6.54. The van der Waals surface area contributed by atoms with E-state index < -0.39 is 0 Å². The van der Waals surface area contributed by atoms with Crippen LogP contribution in [0.1, 0.15) is 43.2 Å². The summed E-state index contributed by atoms with van der Waals surface area (Å²) in [5.74, 6) is 0.379. The van der Waals surface area contributed by atoms with Crippen LogP contribution in [-0.2, 0) is 11.3 Å². The summed E-state index contributed by atoms with van der Waals surface area (Å²) in [6.07, 6.45) is 5.57. The van der Waals surface area contributed by atoms with E-state index in [2.05, 4.69) is 86.6 Å². The highest BCUT2D eigenvalue weighted by molar-refractivity contribution is 5.95. The van der Waals surface area contributed by atoms with E-state index in [1.807, 2.05) is 17.0 Å². The monoisotopic (exact) mass is 425 g/mol. The van der Waals surface area contributed by atoms with Gasteiger partial charge in [0.25, 0.3) is 0 Å². The van der Waals surface area contributed by atoms with E-state index in [1.54, 1.807) is 0 Å². The number of nitrogens with zero attached hydrogens (tertiary/aromatic N) is 2. The molecule has 1 amide bonds. The zero-order valence-electron chi connectivity index (χ0n) is 19.5. The largest absolute Gasteiger partial charge is 0.378 e. The maximum absolute atomic E-state index is 13.5. The first-order chi connectivity index (χ1) is 15.5. The Hall–Kier alpha value is -3.07. The summed E-state index contributed by atoms with van der Waals surface area (Å²) in [4.78, 5) is 17.6. The SMILES string of the molecule is Cc1ccc[c]c1N(Cc1ccc(-c2ccc(N(C)C)cc2)cc1)C(=O)C1CCCCC1. The molecule has 0 atom stereocenters. The molecule has 1 radical (unpaired) electrons. The summed E-state index contributed by atoms with van der Waals surface area (Å²) in [7, 11) is 4.10. The minimum absolute atomic E-state index is 0.131. The molecule has 0 aliphatic heterocycles. The smallest absolute Gasteiger partial charge is 0.230 e. The molecular weight excluding hydrogens is 392 g/mol. The third-order valence-electron chi connectivity index (χ3n) is 6.54. The first-order valence-corrected chi connectivity index (χ1v) is 11.7. The van der Waals surface area contributed by atoms with Crippen molar-refractivity contribution in [1.82, 2.24) is 0 Å². The van der Waals surface area contributed by atoms with Gasteiger partial charge in [-0.1, -0.05) is 73.9 Å². The molecule has 3 nitrogen and oxygen atoms in total. The molecule has 0 heterocycles. The predicted molar refractivity (Wildman–Crippen MR) is 134 cm³/mol. The van der Waals surface area contributed by atoms with E-state index in [0.717, 1.165) is 42.5 Å². The van der Waals surface area contributed by atoms with Crippen molar-refractivity contribution in [2.45, 2.75) is 45.6 Å². The van der Waals surface area contributed by atoms with E-state index in [1.165, 1.54) is 23.2 Å². The number of amides is 1. The highest BCUT2D eigenvalue weighted by Gasteiger charge is 2.27. The van der Waals surface area contributed by atoms with Gasteiger partial charge in [-0.15, -0.1) is 0 Å². The number of hydrogen-bond acceptors (Lipinski definition) is 2. The van der Waals surface area contributed by atoms with Crippen LogP contribution in [0.4, 0.5) is 11.4 Å². The van der Waals surface area contributed by atoms with Gasteiger partial charge in [-0.25, -0.2) is 0 Å². The first kappa shape index (κ1) is 22.1. The molecule has 0 spiro atoms. The second kappa shape index (κ2) is 10.0. The Balaban J connectivity index is 1.56. The summed E-state index contributed by atoms with van der Waals surface area (Å²) >= 11 is 0. The van der Waals surface area contributed by atoms with Crippen LogP contribution in [0.3, 0.4) is 0 Å². The topological polar surface area (TPSA) is 23.6 Å². The number of benzene rings is 3. The number of carbonyl (C=O) groups excluding carboxylic acids is 1. The van der Waals surface area contributed by atoms with Gasteiger partial charge >= 0.3 is 0 Å². The molecule has 1 aliphatic rings. The summed E-state index contributed by atoms with van der Waals surface area (Å²) in [5, 5.41) is 0. The lowest BCUT2D eigenvalue weighted by Crippen LogP contribution is -2.37. The van der Waals surface area contributed by atoms with Crippen molar-refractivity contribution < 1.29 is 4.79 Å². The highest BCUT2D eigenvalue weighted by Crippen LogP contribution is 2.30. The first-order valence-electron chi connectivity index (χ1n) is 11.7. The van der Waals surface area contributed by atoms with Crippen molar-refractivity contribution in [3.63, 3.8) is 0 Å². The number of hydrogen-bond donors (Lipinski definition) is 0. The zero-order valence-corrected chi connectivity index (χ0v) is 19.5. The highest BCUT2D eigenvalue weighted by atomic mass is 16.2. The average molecular weight is 426 g/mol. The fourth-order valence-electron chi connectivity index (χ4n) is 4.58. The van der Waals surface area contributed by atoms with Gasteiger partial charge in [0.2, 0.25) is 5.91 Å². The van der Waals surface area contributed by atoms with Crippen molar-refractivity contribution in [2.75, 3.05) is 23.9 Å². The minimum Gasteiger partial charge on any atom is -0.378 e. The summed E-state index contributed by atoms with van der Waals surface area (Å²) in [6.45, 7) is 2.64. The molecular formula is C29H33N2O. The van der Waals surface area contributed by atoms with Gasteiger partial charge < -0.3 is 9.80 Å². The molecule has 4 rings (SSSR count). The van der Waals surface area contributed by atoms with E-state index in [-0.39, 0.29) is 11.8 Å². The summed E-state index contributed by atoms with van der Waals surface area (Å²) in [5.41, 5.74) is 6.72. The molecule has 0 bridgehead atoms. The number of anilines is 2. The van der Waals surface area contributed by atoms with E-state index >= 15 is 0 Å². The van der Waals surface area contributed by atoms with Gasteiger partial charge in [-0.2, -0.15) is 0 Å². The van der Waals surface area contributed by atoms with Crippen LogP contribution in [-0.4, -0.2) is 20.0 Å². The van der Waals surface area contributed by atoms with Crippen molar-refractivity contribution in [1.29, 1.82) is 0 Å². The molecule has 3 aromatic carbocycles. The molecule has 1 fully saturated rings. The Bertz CT molecular complexity index is 1030. The van der Waals surface area contributed by atoms with Crippen LogP contribution in [0.15, 0.2) is 66.7 Å². The zero-order chi connectivity index (χ0) is 22.5. The van der Waals surface area contributed by atoms with Crippen molar-refractivity contribution >= 4 is 17.3 Å². The molecule has 3 aromatic rings. The van der Waals surface area contributed by atoms with E-state index in [0.29, 0.717) is 6.54 Å². The average Bonchev–Trinajstić information content (AvgIpc) is 2.84. The molecule has 32 heavy (non-hydrogen) atoms. The maximum Gasteiger partial charge on any atom is 0.230 e. The maximum atomic E-state index is 13.5. The Morgan fingerprint density at radius 3 is 2.12 bits per heavy atom. The lowest BCUT2D eigenvalue weighted by atomic mass is 9.88. The Morgan fingerprint density at radius 1 is 0.906 bits per heavy atom. The molecule has 0 unspecified atom stereocenters. The normalized spacial score (nSPS) is 14.2. The Kier molecular flexibility index (Phi) is 6.94. The lowest BCUT2D eigenvalue weighted by molar-refractivity contribution is -0.123. The van der Waals surface area contributed by atoms with Crippen LogP contribution in [0, 0.1) is 18.9 Å². The molecule has 0 aromatic heterocycles. The van der Waals surface area contributed by atoms with Gasteiger partial charge in [0.1, 0.15) is 0 Å². The Morgan fingerprint density at radius 2 is 1.53 bits per heavy atom. The fourth-order valence-corrected chi connectivity index (χ4v) is 4.58. The van der Waals surface area contributed by atoms with E-state index in [4.69, 9.17) is 0 Å². The second-order valence-electron chi connectivity index (χ2n) is 9.10. The minimum atomic E-state index is 0.131. The lowest BCUT2D eigenvalue weighted by Gasteiger charge is -2.30. The van der Waals surface area contributed by atoms with Crippen LogP contribution >= 0.6 is 0 Å². The molecule has 0 saturated heterocycles. The van der Waals surface area contributed by atoms with Gasteiger partial charge in [-0.05, 0) is 54.2 Å². The number of rotatable bonds is 6. The van der Waals surface area contributed by atoms with Crippen LogP contribution in [0.5, 0.6) is 0 Å². The Labute approximate surface area is 192 Å². The molecule has 3 heteroatoms. The second-order valence-corrected chi connectivity index (χ2v) is 9.10. The predicted octanol–water partition coefficient (Wildman–Crippen LogP) is 6.64. The molecule has 0 N–H and O–H groups in total. The molecule has 1 aliphatic carbocycles. The standard InChI is InChI=1S/C29H33N2O/c1-22-9-7-8-12-28(22)31(29(32)26-10-5-4-6-11-26)21-23-13-15-24(16-14-23)25-17-19-27(20-18-25)30(2)3/h7-9,13-20,26H,4-6,10-11,21H2,1-3H3. The molecule has 165 valence electrons. The van der Waals surface area contributed by atoms with Crippen LogP contribution in [0.25, 0.3) is 11.1 Å². The van der Waals surface area contributed by atoms with Crippen molar-refractivity contribution in [2.24, 2.45) is 5.92 Å². The van der Waals surface area contributed by atoms with Gasteiger partial charge in [-0.3, -0.25) is 4.79 Å². The fraction of sp³-hybridized carbons (Fsp3) is 0.345. The third kappa shape index (κ3) is 5.04. The van der Waals surface area contributed by atoms with Gasteiger partial charge in [0, 0.05) is 31.8 Å². The number of carbonyl (C=O) groups is 1. The van der Waals surface area contributed by atoms with Crippen LogP contribution < -0.4 is 9.80 Å². The van der Waals surface area contributed by atoms with Crippen molar-refractivity contribution in [3.05, 3.63) is 83.9 Å². The van der Waals surface area contributed by atoms with Gasteiger partial charge in [0.05, 0.1) is 12.2 Å².